The standard InChI is InChI=1S/C89H100BN5/c1-83(2,3)57-27-39-64(40-28-57)92(65-41-29-58(30-42-65)84(4,5)6)69-55-78-81-79(56-69)95(75-50-38-63(89(19,20)21)54-72(75)90(81)71-53-62(88(16,17)18)37-49-74(71)94(78)68-47-35-61(36-48-68)87(13,14)15)76-51-52-77(82-80(76)70-25-23-24-26-73(70)91(82)22)93(66-43-31-59(32-44-66)85(7,8)9)67-45-33-60(34-46-67)86(10,11)12/h23-56H,1-22H3. The van der Waals surface area contributed by atoms with Crippen molar-refractivity contribution in [3.63, 3.8) is 0 Å². The SMILES string of the molecule is Cn1c2ccccc2c2c(N3c4ccc(C(C)(C)C)cc4B4c5cc(C(C)(C)C)ccc5N(c5ccc(C(C)(C)C)cc5)c5cc(N(c6ccc(C(C)(C)C)cc6)c6ccc(C(C)(C)C)cc6)cc3c54)ccc(N(c3ccc(C(C)(C)C)cc3)c3ccc(C(C)(C)C)cc3)c21. The van der Waals surface area contributed by atoms with E-state index in [1.165, 1.54) is 83.0 Å². The number of aryl methyl sites for hydroxylation is 1. The molecule has 0 saturated carbocycles. The van der Waals surface area contributed by atoms with Crippen molar-refractivity contribution in [2.24, 2.45) is 7.05 Å². The van der Waals surface area contributed by atoms with Crippen LogP contribution in [0.25, 0.3) is 21.8 Å². The van der Waals surface area contributed by atoms with Crippen molar-refractivity contribution in [1.82, 2.24) is 4.57 Å². The third-order valence-corrected chi connectivity index (χ3v) is 20.5. The van der Waals surface area contributed by atoms with Gasteiger partial charge in [-0.1, -0.05) is 249 Å². The monoisotopic (exact) mass is 1250 g/mol. The Morgan fingerprint density at radius 2 is 0.632 bits per heavy atom. The van der Waals surface area contributed by atoms with Crippen molar-refractivity contribution in [1.29, 1.82) is 0 Å². The van der Waals surface area contributed by atoms with E-state index >= 15 is 0 Å². The molecule has 2 aliphatic rings. The van der Waals surface area contributed by atoms with E-state index in [0.29, 0.717) is 0 Å². The van der Waals surface area contributed by atoms with Crippen LogP contribution < -0.4 is 36.0 Å². The van der Waals surface area contributed by atoms with Gasteiger partial charge in [-0.15, -0.1) is 0 Å². The molecule has 0 atom stereocenters. The molecular formula is C89H100BN5. The first-order valence-electron chi connectivity index (χ1n) is 34.7. The third-order valence-electron chi connectivity index (χ3n) is 20.5. The summed E-state index contributed by atoms with van der Waals surface area (Å²) in [5.41, 5.74) is 28.6. The van der Waals surface area contributed by atoms with Gasteiger partial charge in [0.25, 0.3) is 6.71 Å². The summed E-state index contributed by atoms with van der Waals surface area (Å²) >= 11 is 0. The Hall–Kier alpha value is -8.74. The van der Waals surface area contributed by atoms with Crippen LogP contribution in [0, 0.1) is 0 Å². The predicted octanol–water partition coefficient (Wildman–Crippen LogP) is 23.4. The summed E-state index contributed by atoms with van der Waals surface area (Å²) in [6, 6.07) is 80.7. The fourth-order valence-corrected chi connectivity index (χ4v) is 14.7. The molecule has 13 rings (SSSR count). The van der Waals surface area contributed by atoms with Crippen LogP contribution in [0.3, 0.4) is 0 Å². The molecule has 0 aliphatic carbocycles. The normalized spacial score (nSPS) is 13.7. The molecule has 0 radical (unpaired) electrons. The summed E-state index contributed by atoms with van der Waals surface area (Å²) in [5.74, 6) is 0. The van der Waals surface area contributed by atoms with E-state index in [1.54, 1.807) is 0 Å². The highest BCUT2D eigenvalue weighted by Crippen LogP contribution is 2.54. The first-order valence-corrected chi connectivity index (χ1v) is 34.7. The Balaban J connectivity index is 1.18. The van der Waals surface area contributed by atoms with Crippen molar-refractivity contribution in [2.45, 2.75) is 183 Å². The van der Waals surface area contributed by atoms with Crippen molar-refractivity contribution in [2.75, 3.05) is 19.6 Å². The molecule has 11 aromatic rings. The van der Waals surface area contributed by atoms with E-state index in [0.717, 1.165) is 62.4 Å². The summed E-state index contributed by atoms with van der Waals surface area (Å²) in [5, 5.41) is 2.40. The number of fused-ring (bicyclic) bond motifs is 7. The zero-order valence-electron chi connectivity index (χ0n) is 60.9. The van der Waals surface area contributed by atoms with Crippen LogP contribution in [-0.4, -0.2) is 11.3 Å². The second-order valence-corrected chi connectivity index (χ2v) is 34.6. The van der Waals surface area contributed by atoms with Crippen LogP contribution in [0.4, 0.5) is 68.2 Å². The van der Waals surface area contributed by atoms with Crippen LogP contribution in [0.5, 0.6) is 0 Å². The van der Waals surface area contributed by atoms with Gasteiger partial charge in [-0.25, -0.2) is 0 Å². The number of benzene rings is 10. The zero-order chi connectivity index (χ0) is 68.0. The minimum Gasteiger partial charge on any atom is -0.342 e. The van der Waals surface area contributed by atoms with E-state index in [4.69, 9.17) is 0 Å². The van der Waals surface area contributed by atoms with Gasteiger partial charge in [0.1, 0.15) is 0 Å². The molecular weight excluding hydrogens is 1150 g/mol. The van der Waals surface area contributed by atoms with Gasteiger partial charge in [-0.05, 0) is 196 Å². The van der Waals surface area contributed by atoms with Gasteiger partial charge < -0.3 is 24.2 Å². The minimum atomic E-state index is -0.131. The van der Waals surface area contributed by atoms with Crippen LogP contribution in [0.2, 0.25) is 0 Å². The van der Waals surface area contributed by atoms with Gasteiger partial charge in [0.05, 0.1) is 22.6 Å². The third kappa shape index (κ3) is 11.6. The van der Waals surface area contributed by atoms with Crippen LogP contribution >= 0.6 is 0 Å². The van der Waals surface area contributed by atoms with Gasteiger partial charge >= 0.3 is 0 Å². The Labute approximate surface area is 569 Å². The second-order valence-electron chi connectivity index (χ2n) is 34.6. The molecule has 0 N–H and O–H groups in total. The molecule has 0 bridgehead atoms. The van der Waals surface area contributed by atoms with Crippen LogP contribution in [0.1, 0.15) is 184 Å². The molecule has 2 aliphatic heterocycles. The van der Waals surface area contributed by atoms with Crippen molar-refractivity contribution in [3.05, 3.63) is 245 Å². The van der Waals surface area contributed by atoms with Gasteiger partial charge in [-0.2, -0.15) is 0 Å². The molecule has 6 heteroatoms. The highest BCUT2D eigenvalue weighted by atomic mass is 15.2. The summed E-state index contributed by atoms with van der Waals surface area (Å²) in [6.45, 7) is 48.7. The number of para-hydroxylation sites is 1. The Bertz CT molecular complexity index is 4610. The number of hydrogen-bond donors (Lipinski definition) is 0. The fraction of sp³-hybridized carbons (Fsp3) is 0.326. The van der Waals surface area contributed by atoms with Gasteiger partial charge in [0.2, 0.25) is 0 Å². The van der Waals surface area contributed by atoms with E-state index in [9.17, 15) is 0 Å². The molecule has 5 nitrogen and oxygen atoms in total. The number of hydrogen-bond acceptors (Lipinski definition) is 4. The average Bonchev–Trinajstić information content (AvgIpc) is 1.50. The lowest BCUT2D eigenvalue weighted by molar-refractivity contribution is 0.590. The van der Waals surface area contributed by atoms with Crippen LogP contribution in [0.15, 0.2) is 206 Å². The van der Waals surface area contributed by atoms with E-state index in [2.05, 4.69) is 383 Å². The lowest BCUT2D eigenvalue weighted by atomic mass is 9.33. The molecule has 1 aromatic heterocycles. The van der Waals surface area contributed by atoms with Gasteiger partial charge in [-0.3, -0.25) is 0 Å². The first kappa shape index (κ1) is 64.9. The van der Waals surface area contributed by atoms with Crippen LogP contribution in [-0.2, 0) is 45.0 Å². The lowest BCUT2D eigenvalue weighted by Crippen LogP contribution is -2.61. The predicted molar refractivity (Wildman–Crippen MR) is 415 cm³/mol. The molecule has 0 saturated heterocycles. The van der Waals surface area contributed by atoms with E-state index in [-0.39, 0.29) is 44.6 Å². The molecule has 0 unspecified atom stereocenters. The largest absolute Gasteiger partial charge is 0.342 e. The quantitative estimate of drug-likeness (QED) is 0.141. The van der Waals surface area contributed by atoms with Gasteiger partial charge in [0, 0.05) is 74.5 Å². The molecule has 0 amide bonds. The van der Waals surface area contributed by atoms with E-state index in [1.807, 2.05) is 0 Å². The number of aromatic nitrogens is 1. The van der Waals surface area contributed by atoms with Crippen molar-refractivity contribution in [3.8, 4) is 0 Å². The van der Waals surface area contributed by atoms with Crippen molar-refractivity contribution < 1.29 is 0 Å². The maximum Gasteiger partial charge on any atom is 0.252 e. The highest BCUT2D eigenvalue weighted by Gasteiger charge is 2.46. The number of rotatable bonds is 8. The summed E-state index contributed by atoms with van der Waals surface area (Å²) in [6.07, 6.45) is 0. The smallest absolute Gasteiger partial charge is 0.252 e. The molecule has 0 fully saturated rings. The summed E-state index contributed by atoms with van der Waals surface area (Å²) in [4.78, 5) is 10.3. The average molecular weight is 1250 g/mol. The topological polar surface area (TPSA) is 17.9 Å². The second kappa shape index (κ2) is 22.7. The Morgan fingerprint density at radius 3 is 1.03 bits per heavy atom. The zero-order valence-corrected chi connectivity index (χ0v) is 60.9. The first-order chi connectivity index (χ1) is 44.5. The lowest BCUT2D eigenvalue weighted by Gasteiger charge is -2.46. The molecule has 484 valence electrons. The Kier molecular flexibility index (Phi) is 15.5. The summed E-state index contributed by atoms with van der Waals surface area (Å²) in [7, 11) is 2.28. The summed E-state index contributed by atoms with van der Waals surface area (Å²) < 4.78 is 2.46. The molecule has 0 spiro atoms. The maximum absolute atomic E-state index is 2.68. The molecule has 10 aromatic carbocycles. The Morgan fingerprint density at radius 1 is 0.295 bits per heavy atom. The molecule has 95 heavy (non-hydrogen) atoms. The molecule has 3 heterocycles. The van der Waals surface area contributed by atoms with Crippen molar-refractivity contribution >= 4 is 113 Å². The van der Waals surface area contributed by atoms with E-state index < -0.39 is 0 Å². The fourth-order valence-electron chi connectivity index (χ4n) is 14.7. The van der Waals surface area contributed by atoms with Gasteiger partial charge in [0.15, 0.2) is 0 Å². The minimum absolute atomic E-state index is 0.00791. The maximum atomic E-state index is 2.68. The number of nitrogens with zero attached hydrogens (tertiary/aromatic N) is 5. The number of anilines is 12. The highest BCUT2D eigenvalue weighted by molar-refractivity contribution is 7.00.